The fourth-order valence-corrected chi connectivity index (χ4v) is 4.20. The summed E-state index contributed by atoms with van der Waals surface area (Å²) in [5, 5.41) is 5.54. The van der Waals surface area contributed by atoms with Crippen molar-refractivity contribution < 1.29 is 28.6 Å². The number of hydrogen-bond donors (Lipinski definition) is 2. The molecule has 0 spiro atoms. The maximum absolute atomic E-state index is 13.1. The average molecular weight is 459 g/mol. The normalized spacial score (nSPS) is 18.8. The lowest BCUT2D eigenvalue weighted by atomic mass is 9.90. The Bertz CT molecular complexity index is 875. The standard InChI is InChI=1S/C25H34N2O6/c1-3-5-14-31-25(30)33-19-13-9-12-18(15-19)22-21(20(4-2)26-24(29)27-22)23(28)32-16-17-10-7-6-8-11-17/h9,12-13,15,17,22H,3-8,10-11,14,16H2,1-2H3,(H2,26,27,29). The molecule has 1 aromatic carbocycles. The van der Waals surface area contributed by atoms with Gasteiger partial charge in [-0.15, -0.1) is 0 Å². The maximum Gasteiger partial charge on any atom is 0.513 e. The van der Waals surface area contributed by atoms with Gasteiger partial charge in [0.05, 0.1) is 24.8 Å². The third kappa shape index (κ3) is 6.97. The van der Waals surface area contributed by atoms with Crippen molar-refractivity contribution in [1.29, 1.82) is 0 Å². The number of carbonyl (C=O) groups is 3. The van der Waals surface area contributed by atoms with Crippen molar-refractivity contribution >= 4 is 18.2 Å². The topological polar surface area (TPSA) is 103 Å². The van der Waals surface area contributed by atoms with Crippen molar-refractivity contribution in [1.82, 2.24) is 10.6 Å². The Morgan fingerprint density at radius 1 is 1.09 bits per heavy atom. The van der Waals surface area contributed by atoms with Gasteiger partial charge < -0.3 is 24.8 Å². The molecule has 0 saturated heterocycles. The van der Waals surface area contributed by atoms with Gasteiger partial charge in [-0.2, -0.15) is 0 Å². The van der Waals surface area contributed by atoms with E-state index in [2.05, 4.69) is 10.6 Å². The molecule has 1 aromatic rings. The molecule has 3 rings (SSSR count). The molecule has 1 unspecified atom stereocenters. The number of urea groups is 1. The van der Waals surface area contributed by atoms with Gasteiger partial charge in [0.25, 0.3) is 0 Å². The zero-order valence-corrected chi connectivity index (χ0v) is 19.5. The first-order valence-corrected chi connectivity index (χ1v) is 11.9. The van der Waals surface area contributed by atoms with Gasteiger partial charge in [0.15, 0.2) is 0 Å². The van der Waals surface area contributed by atoms with Gasteiger partial charge in [0.1, 0.15) is 5.75 Å². The van der Waals surface area contributed by atoms with E-state index in [1.807, 2.05) is 13.8 Å². The minimum Gasteiger partial charge on any atom is -0.462 e. The highest BCUT2D eigenvalue weighted by atomic mass is 16.7. The van der Waals surface area contributed by atoms with Crippen LogP contribution in [0.1, 0.15) is 76.8 Å². The average Bonchev–Trinajstić information content (AvgIpc) is 2.83. The molecule has 1 heterocycles. The second-order valence-corrected chi connectivity index (χ2v) is 8.51. The summed E-state index contributed by atoms with van der Waals surface area (Å²) in [7, 11) is 0. The van der Waals surface area contributed by atoms with Crippen LogP contribution in [-0.2, 0) is 14.3 Å². The fourth-order valence-electron chi connectivity index (χ4n) is 4.20. The maximum atomic E-state index is 13.1. The summed E-state index contributed by atoms with van der Waals surface area (Å²) in [5.41, 5.74) is 1.51. The molecular formula is C25H34N2O6. The van der Waals surface area contributed by atoms with Crippen LogP contribution in [0.15, 0.2) is 35.5 Å². The fraction of sp³-hybridized carbons (Fsp3) is 0.560. The second-order valence-electron chi connectivity index (χ2n) is 8.51. The monoisotopic (exact) mass is 458 g/mol. The Hall–Kier alpha value is -3.03. The highest BCUT2D eigenvalue weighted by Gasteiger charge is 2.34. The summed E-state index contributed by atoms with van der Waals surface area (Å²) in [6.45, 7) is 4.55. The predicted octanol–water partition coefficient (Wildman–Crippen LogP) is 5.14. The molecule has 1 atom stereocenters. The molecule has 33 heavy (non-hydrogen) atoms. The summed E-state index contributed by atoms with van der Waals surface area (Å²) in [4.78, 5) is 37.3. The van der Waals surface area contributed by atoms with E-state index < -0.39 is 24.2 Å². The van der Waals surface area contributed by atoms with Crippen LogP contribution in [0.25, 0.3) is 0 Å². The molecule has 180 valence electrons. The zero-order chi connectivity index (χ0) is 23.6. The number of amides is 2. The Labute approximate surface area is 195 Å². The summed E-state index contributed by atoms with van der Waals surface area (Å²) in [6, 6.07) is 5.61. The first kappa shape index (κ1) is 24.6. The zero-order valence-electron chi connectivity index (χ0n) is 19.5. The van der Waals surface area contributed by atoms with Gasteiger partial charge in [-0.05, 0) is 49.3 Å². The second kappa shape index (κ2) is 12.3. The van der Waals surface area contributed by atoms with Gasteiger partial charge in [0.2, 0.25) is 0 Å². The van der Waals surface area contributed by atoms with Gasteiger partial charge in [0, 0.05) is 5.70 Å². The largest absolute Gasteiger partial charge is 0.513 e. The number of hydrogen-bond acceptors (Lipinski definition) is 6. The molecule has 1 aliphatic carbocycles. The van der Waals surface area contributed by atoms with Crippen molar-refractivity contribution in [3.63, 3.8) is 0 Å². The van der Waals surface area contributed by atoms with Gasteiger partial charge in [-0.3, -0.25) is 0 Å². The molecule has 2 amide bonds. The van der Waals surface area contributed by atoms with Crippen molar-refractivity contribution in [3.05, 3.63) is 41.1 Å². The Morgan fingerprint density at radius 2 is 1.88 bits per heavy atom. The van der Waals surface area contributed by atoms with E-state index in [-0.39, 0.29) is 5.75 Å². The van der Waals surface area contributed by atoms with Gasteiger partial charge in [-0.1, -0.05) is 51.7 Å². The highest BCUT2D eigenvalue weighted by Crippen LogP contribution is 2.31. The number of rotatable bonds is 9. The first-order valence-electron chi connectivity index (χ1n) is 11.9. The smallest absolute Gasteiger partial charge is 0.462 e. The van der Waals surface area contributed by atoms with Crippen molar-refractivity contribution in [2.75, 3.05) is 13.2 Å². The predicted molar refractivity (Wildman–Crippen MR) is 123 cm³/mol. The summed E-state index contributed by atoms with van der Waals surface area (Å²) in [6.07, 6.45) is 7.05. The quantitative estimate of drug-likeness (QED) is 0.302. The number of nitrogens with one attached hydrogen (secondary N) is 2. The number of esters is 1. The van der Waals surface area contributed by atoms with Crippen LogP contribution in [0.5, 0.6) is 5.75 Å². The van der Waals surface area contributed by atoms with Crippen molar-refractivity contribution in [2.45, 2.75) is 71.3 Å². The number of benzene rings is 1. The lowest BCUT2D eigenvalue weighted by Gasteiger charge is -2.30. The molecule has 8 nitrogen and oxygen atoms in total. The molecule has 1 saturated carbocycles. The van der Waals surface area contributed by atoms with Gasteiger partial charge >= 0.3 is 18.2 Å². The summed E-state index contributed by atoms with van der Waals surface area (Å²) >= 11 is 0. The van der Waals surface area contributed by atoms with E-state index in [0.29, 0.717) is 42.4 Å². The molecule has 1 aliphatic heterocycles. The third-order valence-electron chi connectivity index (χ3n) is 6.01. The van der Waals surface area contributed by atoms with Gasteiger partial charge in [-0.25, -0.2) is 14.4 Å². The minimum absolute atomic E-state index is 0.273. The molecular weight excluding hydrogens is 424 g/mol. The van der Waals surface area contributed by atoms with Crippen molar-refractivity contribution in [2.24, 2.45) is 5.92 Å². The molecule has 1 fully saturated rings. The van der Waals surface area contributed by atoms with Crippen LogP contribution in [-0.4, -0.2) is 31.4 Å². The number of unbranched alkanes of at least 4 members (excludes halogenated alkanes) is 1. The molecule has 2 N–H and O–H groups in total. The van der Waals surface area contributed by atoms with Crippen LogP contribution in [0.2, 0.25) is 0 Å². The molecule has 0 aromatic heterocycles. The molecule has 0 bridgehead atoms. The van der Waals surface area contributed by atoms with E-state index in [4.69, 9.17) is 14.2 Å². The Kier molecular flexibility index (Phi) is 9.15. The Balaban J connectivity index is 1.76. The van der Waals surface area contributed by atoms with Crippen LogP contribution in [0, 0.1) is 5.92 Å². The van der Waals surface area contributed by atoms with Crippen LogP contribution in [0.3, 0.4) is 0 Å². The first-order chi connectivity index (χ1) is 16.0. The van der Waals surface area contributed by atoms with E-state index >= 15 is 0 Å². The SMILES string of the molecule is CCCCOC(=O)Oc1cccc(C2NC(=O)NC(CC)=C2C(=O)OCC2CCCCC2)c1. The minimum atomic E-state index is -0.785. The van der Waals surface area contributed by atoms with E-state index in [9.17, 15) is 14.4 Å². The number of carbonyl (C=O) groups excluding carboxylic acids is 3. The molecule has 0 radical (unpaired) electrons. The van der Waals surface area contributed by atoms with E-state index in [0.717, 1.165) is 25.7 Å². The van der Waals surface area contributed by atoms with Crippen molar-refractivity contribution in [3.8, 4) is 5.75 Å². The molecule has 8 heteroatoms. The lowest BCUT2D eigenvalue weighted by Crippen LogP contribution is -2.46. The lowest BCUT2D eigenvalue weighted by molar-refractivity contribution is -0.141. The third-order valence-corrected chi connectivity index (χ3v) is 6.01. The van der Waals surface area contributed by atoms with Crippen LogP contribution in [0.4, 0.5) is 9.59 Å². The number of ether oxygens (including phenoxy) is 3. The molecule has 2 aliphatic rings. The summed E-state index contributed by atoms with van der Waals surface area (Å²) in [5.74, 6) is 0.211. The number of allylic oxidation sites excluding steroid dienone is 1. The highest BCUT2D eigenvalue weighted by molar-refractivity contribution is 5.95. The Morgan fingerprint density at radius 3 is 2.61 bits per heavy atom. The van der Waals surface area contributed by atoms with Crippen LogP contribution >= 0.6 is 0 Å². The van der Waals surface area contributed by atoms with E-state index in [1.54, 1.807) is 24.3 Å². The van der Waals surface area contributed by atoms with Crippen LogP contribution < -0.4 is 15.4 Å². The summed E-state index contributed by atoms with van der Waals surface area (Å²) < 4.78 is 16.0. The van der Waals surface area contributed by atoms with E-state index in [1.165, 1.54) is 19.3 Å².